The van der Waals surface area contributed by atoms with Crippen LogP contribution in [0.3, 0.4) is 0 Å². The molecule has 0 aliphatic heterocycles. The Kier molecular flexibility index (Phi) is 4.78. The number of benzene rings is 2. The van der Waals surface area contributed by atoms with E-state index in [1.807, 2.05) is 50.2 Å². The SMILES string of the molecule is CC(C)Oc1cc(NCc2ccccc2)cc(F)c1C#N. The highest BCUT2D eigenvalue weighted by atomic mass is 19.1. The number of anilines is 1. The van der Waals surface area contributed by atoms with Crippen molar-refractivity contribution in [3.05, 3.63) is 59.4 Å². The minimum absolute atomic E-state index is 0.0611. The zero-order valence-corrected chi connectivity index (χ0v) is 12.1. The molecule has 2 rings (SSSR count). The molecule has 1 N–H and O–H groups in total. The van der Waals surface area contributed by atoms with Crippen LogP contribution in [0.4, 0.5) is 10.1 Å². The summed E-state index contributed by atoms with van der Waals surface area (Å²) in [4.78, 5) is 0. The largest absolute Gasteiger partial charge is 0.489 e. The van der Waals surface area contributed by atoms with Crippen LogP contribution in [-0.4, -0.2) is 6.10 Å². The van der Waals surface area contributed by atoms with E-state index in [4.69, 9.17) is 10.00 Å². The van der Waals surface area contributed by atoms with Crippen molar-refractivity contribution in [3.63, 3.8) is 0 Å². The van der Waals surface area contributed by atoms with Gasteiger partial charge in [-0.05, 0) is 25.5 Å². The number of ether oxygens (including phenoxy) is 1. The van der Waals surface area contributed by atoms with E-state index >= 15 is 0 Å². The van der Waals surface area contributed by atoms with Crippen LogP contribution in [0, 0.1) is 17.1 Å². The molecule has 0 bridgehead atoms. The van der Waals surface area contributed by atoms with Gasteiger partial charge in [0.15, 0.2) is 0 Å². The van der Waals surface area contributed by atoms with E-state index in [9.17, 15) is 4.39 Å². The lowest BCUT2D eigenvalue weighted by molar-refractivity contribution is 0.240. The van der Waals surface area contributed by atoms with Crippen LogP contribution < -0.4 is 10.1 Å². The van der Waals surface area contributed by atoms with Gasteiger partial charge >= 0.3 is 0 Å². The van der Waals surface area contributed by atoms with Gasteiger partial charge in [-0.3, -0.25) is 0 Å². The molecule has 21 heavy (non-hydrogen) atoms. The minimum atomic E-state index is -0.578. The molecule has 0 fully saturated rings. The molecule has 3 nitrogen and oxygen atoms in total. The summed E-state index contributed by atoms with van der Waals surface area (Å²) in [5.74, 6) is -0.311. The topological polar surface area (TPSA) is 45.0 Å². The molecule has 0 saturated carbocycles. The first-order valence-electron chi connectivity index (χ1n) is 6.78. The Morgan fingerprint density at radius 2 is 1.95 bits per heavy atom. The first-order chi connectivity index (χ1) is 10.1. The minimum Gasteiger partial charge on any atom is -0.489 e. The number of nitriles is 1. The van der Waals surface area contributed by atoms with E-state index in [1.165, 1.54) is 6.07 Å². The number of hydrogen-bond donors (Lipinski definition) is 1. The highest BCUT2D eigenvalue weighted by Crippen LogP contribution is 2.27. The average Bonchev–Trinajstić information content (AvgIpc) is 2.45. The van der Waals surface area contributed by atoms with Crippen LogP contribution in [0.2, 0.25) is 0 Å². The van der Waals surface area contributed by atoms with Crippen LogP contribution in [0.25, 0.3) is 0 Å². The first-order valence-corrected chi connectivity index (χ1v) is 6.78. The molecular formula is C17H17FN2O. The van der Waals surface area contributed by atoms with E-state index < -0.39 is 5.82 Å². The van der Waals surface area contributed by atoms with Crippen molar-refractivity contribution in [1.82, 2.24) is 0 Å². The fourth-order valence-electron chi connectivity index (χ4n) is 1.94. The van der Waals surface area contributed by atoms with Gasteiger partial charge in [0.1, 0.15) is 23.2 Å². The molecule has 0 aliphatic carbocycles. The summed E-state index contributed by atoms with van der Waals surface area (Å²) in [5.41, 5.74) is 1.62. The van der Waals surface area contributed by atoms with Gasteiger partial charge in [-0.2, -0.15) is 5.26 Å². The Balaban J connectivity index is 2.20. The van der Waals surface area contributed by atoms with E-state index in [0.717, 1.165) is 5.56 Å². The van der Waals surface area contributed by atoms with E-state index in [0.29, 0.717) is 12.2 Å². The zero-order chi connectivity index (χ0) is 15.2. The Labute approximate surface area is 124 Å². The molecule has 108 valence electrons. The van der Waals surface area contributed by atoms with Gasteiger partial charge in [0, 0.05) is 18.3 Å². The third-order valence-electron chi connectivity index (χ3n) is 2.87. The fourth-order valence-corrected chi connectivity index (χ4v) is 1.94. The lowest BCUT2D eigenvalue weighted by Gasteiger charge is -2.14. The number of nitrogens with one attached hydrogen (secondary N) is 1. The van der Waals surface area contributed by atoms with E-state index in [2.05, 4.69) is 5.32 Å². The molecule has 4 heteroatoms. The van der Waals surface area contributed by atoms with Crippen molar-refractivity contribution in [1.29, 1.82) is 5.26 Å². The maximum absolute atomic E-state index is 13.9. The van der Waals surface area contributed by atoms with Crippen molar-refractivity contribution in [3.8, 4) is 11.8 Å². The van der Waals surface area contributed by atoms with Crippen LogP contribution in [0.5, 0.6) is 5.75 Å². The highest BCUT2D eigenvalue weighted by Gasteiger charge is 2.13. The summed E-state index contributed by atoms with van der Waals surface area (Å²) in [6, 6.07) is 14.6. The van der Waals surface area contributed by atoms with Gasteiger partial charge in [0.2, 0.25) is 0 Å². The van der Waals surface area contributed by atoms with Crippen molar-refractivity contribution in [2.75, 3.05) is 5.32 Å². The van der Waals surface area contributed by atoms with Crippen molar-refractivity contribution >= 4 is 5.69 Å². The van der Waals surface area contributed by atoms with Crippen LogP contribution in [-0.2, 0) is 6.54 Å². The van der Waals surface area contributed by atoms with Crippen LogP contribution >= 0.6 is 0 Å². The molecule has 0 radical (unpaired) electrons. The maximum Gasteiger partial charge on any atom is 0.146 e. The predicted molar refractivity (Wildman–Crippen MR) is 80.6 cm³/mol. The van der Waals surface area contributed by atoms with Gasteiger partial charge in [0.25, 0.3) is 0 Å². The van der Waals surface area contributed by atoms with E-state index in [-0.39, 0.29) is 17.4 Å². The summed E-state index contributed by atoms with van der Waals surface area (Å²) in [7, 11) is 0. The zero-order valence-electron chi connectivity index (χ0n) is 12.1. The molecule has 0 aliphatic rings. The fraction of sp³-hybridized carbons (Fsp3) is 0.235. The summed E-state index contributed by atoms with van der Waals surface area (Å²) in [6.07, 6.45) is -0.124. The monoisotopic (exact) mass is 284 g/mol. The standard InChI is InChI=1S/C17H17FN2O/c1-12(2)21-17-9-14(8-16(18)15(17)10-19)20-11-13-6-4-3-5-7-13/h3-9,12,20H,11H2,1-2H3. The smallest absolute Gasteiger partial charge is 0.146 e. The normalized spacial score (nSPS) is 10.2. The second-order valence-electron chi connectivity index (χ2n) is 4.95. The summed E-state index contributed by atoms with van der Waals surface area (Å²) in [5, 5.41) is 12.2. The average molecular weight is 284 g/mol. The second-order valence-corrected chi connectivity index (χ2v) is 4.95. The van der Waals surface area contributed by atoms with Gasteiger partial charge < -0.3 is 10.1 Å². The quantitative estimate of drug-likeness (QED) is 0.899. The van der Waals surface area contributed by atoms with Crippen LogP contribution in [0.1, 0.15) is 25.0 Å². The first kappa shape index (κ1) is 14.9. The Hall–Kier alpha value is -2.54. The van der Waals surface area contributed by atoms with Gasteiger partial charge in [0.05, 0.1) is 6.10 Å². The van der Waals surface area contributed by atoms with Gasteiger partial charge in [-0.15, -0.1) is 0 Å². The number of hydrogen-bond acceptors (Lipinski definition) is 3. The van der Waals surface area contributed by atoms with Crippen molar-refractivity contribution in [2.24, 2.45) is 0 Å². The lowest BCUT2D eigenvalue weighted by atomic mass is 10.1. The van der Waals surface area contributed by atoms with Gasteiger partial charge in [-0.25, -0.2) is 4.39 Å². The third-order valence-corrected chi connectivity index (χ3v) is 2.87. The van der Waals surface area contributed by atoms with Crippen molar-refractivity contribution < 1.29 is 9.13 Å². The Morgan fingerprint density at radius 3 is 2.57 bits per heavy atom. The maximum atomic E-state index is 13.9. The Morgan fingerprint density at radius 1 is 1.24 bits per heavy atom. The number of halogens is 1. The summed E-state index contributed by atoms with van der Waals surface area (Å²) >= 11 is 0. The molecule has 2 aromatic rings. The summed E-state index contributed by atoms with van der Waals surface area (Å²) < 4.78 is 19.5. The third kappa shape index (κ3) is 3.96. The lowest BCUT2D eigenvalue weighted by Crippen LogP contribution is -2.09. The van der Waals surface area contributed by atoms with E-state index in [1.54, 1.807) is 6.07 Å². The van der Waals surface area contributed by atoms with Gasteiger partial charge in [-0.1, -0.05) is 30.3 Å². The molecule has 0 spiro atoms. The van der Waals surface area contributed by atoms with Crippen LogP contribution in [0.15, 0.2) is 42.5 Å². The van der Waals surface area contributed by atoms with Crippen molar-refractivity contribution in [2.45, 2.75) is 26.5 Å². The Bertz CT molecular complexity index is 648. The molecular weight excluding hydrogens is 267 g/mol. The summed E-state index contributed by atoms with van der Waals surface area (Å²) in [6.45, 7) is 4.25. The number of nitrogens with zero attached hydrogens (tertiary/aromatic N) is 1. The molecule has 0 saturated heterocycles. The molecule has 0 heterocycles. The predicted octanol–water partition coefficient (Wildman–Crippen LogP) is 4.10. The molecule has 0 amide bonds. The molecule has 0 aromatic heterocycles. The molecule has 2 aromatic carbocycles. The molecule has 0 unspecified atom stereocenters. The highest BCUT2D eigenvalue weighted by molar-refractivity contribution is 5.56. The molecule has 0 atom stereocenters. The second kappa shape index (κ2) is 6.76. The number of rotatable bonds is 5.